The Kier molecular flexibility index (Phi) is 5.57. The topological polar surface area (TPSA) is 74.0 Å². The Morgan fingerprint density at radius 1 is 1.08 bits per heavy atom. The lowest BCUT2D eigenvalue weighted by atomic mass is 10.1. The molecule has 0 aliphatic rings. The molecule has 0 saturated carbocycles. The number of aliphatic carboxylic acids is 1. The summed E-state index contributed by atoms with van der Waals surface area (Å²) in [4.78, 5) is 16.3. The van der Waals surface area contributed by atoms with Crippen molar-refractivity contribution in [2.75, 3.05) is 0 Å². The van der Waals surface area contributed by atoms with E-state index in [1.165, 1.54) is 0 Å². The van der Waals surface area contributed by atoms with E-state index in [0.717, 1.165) is 17.3 Å². The largest absolute Gasteiger partial charge is 0.480 e. The summed E-state index contributed by atoms with van der Waals surface area (Å²) in [5.41, 5.74) is 2.48. The second-order valence-corrected chi connectivity index (χ2v) is 6.94. The summed E-state index contributed by atoms with van der Waals surface area (Å²) in [5.74, 6) is -0.983. The monoisotopic (exact) mass is 380 g/mol. The van der Waals surface area contributed by atoms with Crippen LogP contribution in [0.25, 0.3) is 11.3 Å². The number of nitrogens with zero attached hydrogens (tertiary/aromatic N) is 2. The van der Waals surface area contributed by atoms with E-state index in [9.17, 15) is 15.2 Å². The third kappa shape index (κ3) is 4.05. The molecular formula is C20H13ClN2O2S. The second kappa shape index (κ2) is 8.05. The smallest absolute Gasteiger partial charge is 0.321 e. The normalized spacial score (nSPS) is 11.5. The number of rotatable bonds is 5. The second-order valence-electron chi connectivity index (χ2n) is 5.41. The highest BCUT2D eigenvalue weighted by Crippen LogP contribution is 2.37. The Morgan fingerprint density at radius 3 is 2.38 bits per heavy atom. The van der Waals surface area contributed by atoms with Gasteiger partial charge >= 0.3 is 5.97 Å². The van der Waals surface area contributed by atoms with Crippen LogP contribution < -0.4 is 0 Å². The van der Waals surface area contributed by atoms with Crippen molar-refractivity contribution in [1.29, 1.82) is 5.26 Å². The molecule has 0 spiro atoms. The first-order chi connectivity index (χ1) is 12.6. The number of halogens is 1. The molecule has 0 aliphatic carbocycles. The molecule has 0 aliphatic heterocycles. The number of hydrogen-bond donors (Lipinski definition) is 1. The van der Waals surface area contributed by atoms with Crippen LogP contribution in [-0.2, 0) is 4.79 Å². The van der Waals surface area contributed by atoms with E-state index in [1.807, 2.05) is 18.2 Å². The first kappa shape index (κ1) is 18.0. The maximum Gasteiger partial charge on any atom is 0.321 e. The number of carbonyl (C=O) groups is 1. The molecule has 1 atom stereocenters. The summed E-state index contributed by atoms with van der Waals surface area (Å²) in [5, 5.41) is 19.1. The van der Waals surface area contributed by atoms with Crippen molar-refractivity contribution in [3.63, 3.8) is 0 Å². The van der Waals surface area contributed by atoms with Gasteiger partial charge in [-0.25, -0.2) is 4.98 Å². The van der Waals surface area contributed by atoms with Gasteiger partial charge in [-0.05, 0) is 29.8 Å². The molecule has 0 saturated heterocycles. The minimum atomic E-state index is -0.983. The minimum Gasteiger partial charge on any atom is -0.480 e. The summed E-state index contributed by atoms with van der Waals surface area (Å²) in [6, 6.07) is 21.6. The number of nitriles is 1. The lowest BCUT2D eigenvalue weighted by molar-refractivity contribution is -0.136. The van der Waals surface area contributed by atoms with Crippen LogP contribution in [0.2, 0.25) is 5.02 Å². The average molecular weight is 381 g/mol. The van der Waals surface area contributed by atoms with Gasteiger partial charge in [0, 0.05) is 10.6 Å². The third-order valence-electron chi connectivity index (χ3n) is 3.68. The molecule has 0 bridgehead atoms. The Balaban J connectivity index is 2.00. The van der Waals surface area contributed by atoms with E-state index in [4.69, 9.17) is 11.6 Å². The Morgan fingerprint density at radius 2 is 1.77 bits per heavy atom. The SMILES string of the molecule is N#Cc1ccc(-c2ccc(Cl)cc2)nc1S[C@H](C(=O)O)c1ccccc1. The molecule has 1 aromatic heterocycles. The number of thioether (sulfide) groups is 1. The molecule has 1 heterocycles. The zero-order valence-corrected chi connectivity index (χ0v) is 15.0. The van der Waals surface area contributed by atoms with Crippen molar-refractivity contribution >= 4 is 29.3 Å². The number of pyridine rings is 1. The van der Waals surface area contributed by atoms with Crippen LogP contribution in [0.5, 0.6) is 0 Å². The van der Waals surface area contributed by atoms with Crippen molar-refractivity contribution in [2.45, 2.75) is 10.3 Å². The van der Waals surface area contributed by atoms with Crippen LogP contribution in [0, 0.1) is 11.3 Å². The first-order valence-corrected chi connectivity index (χ1v) is 8.96. The molecule has 128 valence electrons. The van der Waals surface area contributed by atoms with Crippen LogP contribution in [0.15, 0.2) is 71.8 Å². The van der Waals surface area contributed by atoms with E-state index in [-0.39, 0.29) is 0 Å². The fraction of sp³-hybridized carbons (Fsp3) is 0.0500. The van der Waals surface area contributed by atoms with Crippen molar-refractivity contribution in [1.82, 2.24) is 4.98 Å². The number of hydrogen-bond acceptors (Lipinski definition) is 4. The zero-order chi connectivity index (χ0) is 18.5. The van der Waals surface area contributed by atoms with Gasteiger partial charge in [-0.1, -0.05) is 65.8 Å². The van der Waals surface area contributed by atoms with Crippen LogP contribution in [0.4, 0.5) is 0 Å². The number of carboxylic acid groups (broad SMARTS) is 1. The molecule has 3 rings (SSSR count). The van der Waals surface area contributed by atoms with Crippen LogP contribution >= 0.6 is 23.4 Å². The third-order valence-corrected chi connectivity index (χ3v) is 5.17. The average Bonchev–Trinajstić information content (AvgIpc) is 2.67. The molecule has 4 nitrogen and oxygen atoms in total. The summed E-state index contributed by atoms with van der Waals surface area (Å²) in [6.07, 6.45) is 0. The number of carboxylic acids is 1. The molecule has 0 radical (unpaired) electrons. The van der Waals surface area contributed by atoms with Crippen LogP contribution in [-0.4, -0.2) is 16.1 Å². The highest BCUT2D eigenvalue weighted by Gasteiger charge is 2.23. The molecule has 26 heavy (non-hydrogen) atoms. The Labute approximate surface area is 160 Å². The van der Waals surface area contributed by atoms with Gasteiger partial charge in [-0.15, -0.1) is 0 Å². The van der Waals surface area contributed by atoms with E-state index in [2.05, 4.69) is 11.1 Å². The fourth-order valence-electron chi connectivity index (χ4n) is 2.40. The summed E-state index contributed by atoms with van der Waals surface area (Å²) in [7, 11) is 0. The van der Waals surface area contributed by atoms with Gasteiger partial charge in [0.2, 0.25) is 0 Å². The van der Waals surface area contributed by atoms with Crippen molar-refractivity contribution in [3.05, 3.63) is 82.9 Å². The maximum absolute atomic E-state index is 11.8. The Bertz CT molecular complexity index is 969. The number of benzene rings is 2. The highest BCUT2D eigenvalue weighted by molar-refractivity contribution is 8.00. The maximum atomic E-state index is 11.8. The predicted octanol–water partition coefficient (Wildman–Crippen LogP) is 5.19. The minimum absolute atomic E-state index is 0.342. The van der Waals surface area contributed by atoms with Crippen molar-refractivity contribution in [2.24, 2.45) is 0 Å². The molecule has 6 heteroatoms. The van der Waals surface area contributed by atoms with Gasteiger partial charge in [0.05, 0.1) is 11.3 Å². The van der Waals surface area contributed by atoms with Gasteiger partial charge in [0.15, 0.2) is 0 Å². The number of aromatic nitrogens is 1. The summed E-state index contributed by atoms with van der Waals surface area (Å²) < 4.78 is 0. The van der Waals surface area contributed by atoms with E-state index in [0.29, 0.717) is 26.9 Å². The van der Waals surface area contributed by atoms with Crippen LogP contribution in [0.1, 0.15) is 16.4 Å². The van der Waals surface area contributed by atoms with Gasteiger partial charge < -0.3 is 5.11 Å². The van der Waals surface area contributed by atoms with Gasteiger partial charge in [-0.3, -0.25) is 4.79 Å². The lowest BCUT2D eigenvalue weighted by Crippen LogP contribution is -2.08. The molecule has 0 fully saturated rings. The van der Waals surface area contributed by atoms with Crippen molar-refractivity contribution in [3.8, 4) is 17.3 Å². The molecule has 0 unspecified atom stereocenters. The summed E-state index contributed by atoms with van der Waals surface area (Å²) >= 11 is 6.97. The Hall–Kier alpha value is -2.81. The molecule has 0 amide bonds. The highest BCUT2D eigenvalue weighted by atomic mass is 35.5. The van der Waals surface area contributed by atoms with Gasteiger partial charge in [0.1, 0.15) is 16.3 Å². The van der Waals surface area contributed by atoms with Gasteiger partial charge in [-0.2, -0.15) is 5.26 Å². The lowest BCUT2D eigenvalue weighted by Gasteiger charge is -2.13. The standard InChI is InChI=1S/C20H13ClN2O2S/c21-16-9-6-13(7-10-16)17-11-8-15(12-22)19(23-17)26-18(20(24)25)14-4-2-1-3-5-14/h1-11,18H,(H,24,25)/t18-/m0/s1. The molecule has 3 aromatic rings. The quantitative estimate of drug-likeness (QED) is 0.616. The van der Waals surface area contributed by atoms with E-state index >= 15 is 0 Å². The summed E-state index contributed by atoms with van der Waals surface area (Å²) in [6.45, 7) is 0. The van der Waals surface area contributed by atoms with Crippen molar-refractivity contribution < 1.29 is 9.90 Å². The zero-order valence-electron chi connectivity index (χ0n) is 13.5. The first-order valence-electron chi connectivity index (χ1n) is 7.70. The molecular weight excluding hydrogens is 368 g/mol. The van der Waals surface area contributed by atoms with Crippen LogP contribution in [0.3, 0.4) is 0 Å². The molecule has 1 N–H and O–H groups in total. The fourth-order valence-corrected chi connectivity index (χ4v) is 3.53. The van der Waals surface area contributed by atoms with E-state index < -0.39 is 11.2 Å². The predicted molar refractivity (Wildman–Crippen MR) is 102 cm³/mol. The van der Waals surface area contributed by atoms with Gasteiger partial charge in [0.25, 0.3) is 0 Å². The molecule has 2 aromatic carbocycles. The van der Waals surface area contributed by atoms with E-state index in [1.54, 1.807) is 48.5 Å².